The van der Waals surface area contributed by atoms with Crippen molar-refractivity contribution in [1.29, 1.82) is 0 Å². The molecule has 11 heteroatoms. The highest BCUT2D eigenvalue weighted by Gasteiger charge is 2.25. The first-order valence-electron chi connectivity index (χ1n) is 11.6. The van der Waals surface area contributed by atoms with Crippen LogP contribution in [-0.2, 0) is 4.79 Å². The lowest BCUT2D eigenvalue weighted by molar-refractivity contribution is -0.384. The molecular formula is C24H28N6O4S. The van der Waals surface area contributed by atoms with Gasteiger partial charge in [-0.25, -0.2) is 0 Å². The molecule has 1 fully saturated rings. The average molecular weight is 497 g/mol. The lowest BCUT2D eigenvalue weighted by atomic mass is 10.2. The number of nitro benzene ring substituents is 1. The molecule has 1 aliphatic rings. The van der Waals surface area contributed by atoms with E-state index in [1.807, 2.05) is 29.2 Å². The molecule has 2 heterocycles. The number of piperazine rings is 1. The second kappa shape index (κ2) is 11.2. The number of carbonyl (C=O) groups is 1. The van der Waals surface area contributed by atoms with Crippen molar-refractivity contribution in [1.82, 2.24) is 15.1 Å². The number of thioether (sulfide) groups is 1. The molecule has 0 spiro atoms. The highest BCUT2D eigenvalue weighted by molar-refractivity contribution is 7.99. The van der Waals surface area contributed by atoms with Gasteiger partial charge in [-0.2, -0.15) is 0 Å². The van der Waals surface area contributed by atoms with Crippen LogP contribution in [-0.4, -0.2) is 70.9 Å². The number of carbonyl (C=O) groups excluding carboxylic acids is 1. The maximum absolute atomic E-state index is 12.7. The van der Waals surface area contributed by atoms with Crippen LogP contribution in [0.4, 0.5) is 17.1 Å². The van der Waals surface area contributed by atoms with Gasteiger partial charge in [0.25, 0.3) is 10.9 Å². The molecule has 0 aliphatic carbocycles. The number of nitro groups is 1. The molecule has 3 aromatic rings. The Morgan fingerprint density at radius 2 is 1.74 bits per heavy atom. The van der Waals surface area contributed by atoms with Crippen molar-refractivity contribution >= 4 is 34.7 Å². The van der Waals surface area contributed by atoms with E-state index in [0.717, 1.165) is 24.3 Å². The number of hydrogen-bond donors (Lipinski definition) is 0. The zero-order valence-corrected chi connectivity index (χ0v) is 20.6. The summed E-state index contributed by atoms with van der Waals surface area (Å²) in [5.74, 6) is 0.582. The quantitative estimate of drug-likeness (QED) is 0.247. The van der Waals surface area contributed by atoms with Gasteiger partial charge in [0.05, 0.1) is 10.7 Å². The van der Waals surface area contributed by atoms with Crippen molar-refractivity contribution in [2.24, 2.45) is 0 Å². The van der Waals surface area contributed by atoms with Crippen LogP contribution in [0, 0.1) is 10.1 Å². The summed E-state index contributed by atoms with van der Waals surface area (Å²) < 4.78 is 5.76. The summed E-state index contributed by atoms with van der Waals surface area (Å²) in [4.78, 5) is 29.6. The van der Waals surface area contributed by atoms with Crippen molar-refractivity contribution in [3.8, 4) is 11.5 Å². The fourth-order valence-electron chi connectivity index (χ4n) is 4.09. The summed E-state index contributed by atoms with van der Waals surface area (Å²) in [7, 11) is 0. The minimum Gasteiger partial charge on any atom is -0.411 e. The minimum absolute atomic E-state index is 0.0273. The summed E-state index contributed by atoms with van der Waals surface area (Å²) in [6, 6.07) is 14.7. The van der Waals surface area contributed by atoms with Crippen LogP contribution in [0.1, 0.15) is 13.8 Å². The molecule has 35 heavy (non-hydrogen) atoms. The van der Waals surface area contributed by atoms with Crippen molar-refractivity contribution in [3.05, 3.63) is 58.6 Å². The second-order valence-corrected chi connectivity index (χ2v) is 8.92. The standard InChI is InChI=1S/C24H28N6O4S/c1-3-27(4-2)19-11-9-18(10-12-19)23-25-26-24(34-23)35-17-22(31)29-15-13-28(14-16-29)20-7-5-6-8-21(20)30(32)33/h5-12H,3-4,13-17H2,1-2H3. The van der Waals surface area contributed by atoms with Gasteiger partial charge in [-0.15, -0.1) is 10.2 Å². The van der Waals surface area contributed by atoms with Crippen LogP contribution in [0.5, 0.6) is 0 Å². The molecule has 0 unspecified atom stereocenters. The number of amides is 1. The normalized spacial score (nSPS) is 13.7. The van der Waals surface area contributed by atoms with Crippen molar-refractivity contribution in [2.45, 2.75) is 19.1 Å². The lowest BCUT2D eigenvalue weighted by Gasteiger charge is -2.35. The Labute approximate surface area is 208 Å². The molecule has 1 saturated heterocycles. The third-order valence-electron chi connectivity index (χ3n) is 6.02. The number of aromatic nitrogens is 2. The van der Waals surface area contributed by atoms with Gasteiger partial charge in [0.1, 0.15) is 5.69 Å². The molecular weight excluding hydrogens is 468 g/mol. The Morgan fingerprint density at radius 3 is 2.40 bits per heavy atom. The molecule has 0 saturated carbocycles. The number of anilines is 2. The summed E-state index contributed by atoms with van der Waals surface area (Å²) in [6.45, 7) is 8.19. The lowest BCUT2D eigenvalue weighted by Crippen LogP contribution is -2.49. The SMILES string of the molecule is CCN(CC)c1ccc(-c2nnc(SCC(=O)N3CCN(c4ccccc4[N+](=O)[O-])CC3)o2)cc1. The Morgan fingerprint density at radius 1 is 1.06 bits per heavy atom. The monoisotopic (exact) mass is 496 g/mol. The Bertz CT molecular complexity index is 1160. The molecule has 4 rings (SSSR count). The maximum atomic E-state index is 12.7. The Balaban J connectivity index is 1.29. The average Bonchev–Trinajstić information content (AvgIpc) is 3.37. The van der Waals surface area contributed by atoms with Gasteiger partial charge >= 0.3 is 0 Å². The van der Waals surface area contributed by atoms with Crippen LogP contribution in [0.3, 0.4) is 0 Å². The van der Waals surface area contributed by atoms with Gasteiger partial charge in [-0.1, -0.05) is 23.9 Å². The van der Waals surface area contributed by atoms with Crippen LogP contribution in [0.2, 0.25) is 0 Å². The Kier molecular flexibility index (Phi) is 7.86. The molecule has 10 nitrogen and oxygen atoms in total. The molecule has 1 aliphatic heterocycles. The van der Waals surface area contributed by atoms with E-state index in [1.165, 1.54) is 17.8 Å². The van der Waals surface area contributed by atoms with E-state index in [2.05, 4.69) is 28.9 Å². The first kappa shape index (κ1) is 24.5. The van der Waals surface area contributed by atoms with Gasteiger partial charge in [0.2, 0.25) is 11.8 Å². The summed E-state index contributed by atoms with van der Waals surface area (Å²) in [5.41, 5.74) is 2.64. The fraction of sp³-hybridized carbons (Fsp3) is 0.375. The van der Waals surface area contributed by atoms with E-state index in [4.69, 9.17) is 4.42 Å². The van der Waals surface area contributed by atoms with Crippen LogP contribution in [0.15, 0.2) is 58.2 Å². The van der Waals surface area contributed by atoms with E-state index in [0.29, 0.717) is 43.0 Å². The molecule has 184 valence electrons. The Hall–Kier alpha value is -3.60. The van der Waals surface area contributed by atoms with E-state index < -0.39 is 0 Å². The molecule has 1 amide bonds. The number of hydrogen-bond acceptors (Lipinski definition) is 9. The van der Waals surface area contributed by atoms with Gasteiger partial charge < -0.3 is 19.1 Å². The molecule has 1 aromatic heterocycles. The largest absolute Gasteiger partial charge is 0.411 e. The van der Waals surface area contributed by atoms with E-state index in [9.17, 15) is 14.9 Å². The van der Waals surface area contributed by atoms with E-state index in [-0.39, 0.29) is 22.3 Å². The van der Waals surface area contributed by atoms with E-state index >= 15 is 0 Å². The van der Waals surface area contributed by atoms with Crippen molar-refractivity contribution < 1.29 is 14.1 Å². The highest BCUT2D eigenvalue weighted by Crippen LogP contribution is 2.29. The summed E-state index contributed by atoms with van der Waals surface area (Å²) >= 11 is 1.21. The van der Waals surface area contributed by atoms with Gasteiger partial charge in [0.15, 0.2) is 0 Å². The van der Waals surface area contributed by atoms with Crippen LogP contribution >= 0.6 is 11.8 Å². The molecule has 2 aromatic carbocycles. The summed E-state index contributed by atoms with van der Waals surface area (Å²) in [6.07, 6.45) is 0. The predicted octanol–water partition coefficient (Wildman–Crippen LogP) is 3.93. The number of nitrogens with zero attached hydrogens (tertiary/aromatic N) is 6. The second-order valence-electron chi connectivity index (χ2n) is 7.99. The molecule has 0 radical (unpaired) electrons. The minimum atomic E-state index is -0.373. The van der Waals surface area contributed by atoms with E-state index in [1.54, 1.807) is 23.1 Å². The number of benzene rings is 2. The molecule has 0 bridgehead atoms. The molecule has 0 atom stereocenters. The number of rotatable bonds is 9. The third-order valence-corrected chi connectivity index (χ3v) is 6.82. The summed E-state index contributed by atoms with van der Waals surface area (Å²) in [5, 5.41) is 19.8. The zero-order valence-electron chi connectivity index (χ0n) is 19.8. The molecule has 0 N–H and O–H groups in total. The smallest absolute Gasteiger partial charge is 0.292 e. The van der Waals surface area contributed by atoms with Crippen LogP contribution in [0.25, 0.3) is 11.5 Å². The highest BCUT2D eigenvalue weighted by atomic mass is 32.2. The topological polar surface area (TPSA) is 109 Å². The van der Waals surface area contributed by atoms with Gasteiger partial charge in [-0.05, 0) is 44.2 Å². The fourth-order valence-corrected chi connectivity index (χ4v) is 4.75. The van der Waals surface area contributed by atoms with Crippen LogP contribution < -0.4 is 9.80 Å². The predicted molar refractivity (Wildman–Crippen MR) is 136 cm³/mol. The third kappa shape index (κ3) is 5.73. The first-order chi connectivity index (χ1) is 17.0. The first-order valence-corrected chi connectivity index (χ1v) is 12.6. The maximum Gasteiger partial charge on any atom is 0.292 e. The van der Waals surface area contributed by atoms with Crippen molar-refractivity contribution in [2.75, 3.05) is 54.8 Å². The zero-order chi connectivity index (χ0) is 24.8. The van der Waals surface area contributed by atoms with Crippen molar-refractivity contribution in [3.63, 3.8) is 0 Å². The number of para-hydroxylation sites is 2. The van der Waals surface area contributed by atoms with Gasteiger partial charge in [-0.3, -0.25) is 14.9 Å². The van der Waals surface area contributed by atoms with Gasteiger partial charge in [0, 0.05) is 56.6 Å².